The Labute approximate surface area is 116 Å². The number of nitro benzene ring substituents is 1. The van der Waals surface area contributed by atoms with E-state index in [1.807, 2.05) is 6.07 Å². The lowest BCUT2D eigenvalue weighted by atomic mass is 10.1. The first-order chi connectivity index (χ1) is 9.41. The van der Waals surface area contributed by atoms with Crippen molar-refractivity contribution in [3.8, 4) is 6.07 Å². The van der Waals surface area contributed by atoms with Crippen LogP contribution in [-0.2, 0) is 9.84 Å². The van der Waals surface area contributed by atoms with Crippen molar-refractivity contribution in [2.24, 2.45) is 0 Å². The van der Waals surface area contributed by atoms with Crippen molar-refractivity contribution in [3.05, 3.63) is 33.9 Å². The van der Waals surface area contributed by atoms with Crippen molar-refractivity contribution in [2.75, 3.05) is 16.8 Å². The van der Waals surface area contributed by atoms with Gasteiger partial charge in [0.1, 0.15) is 6.07 Å². The van der Waals surface area contributed by atoms with Crippen LogP contribution in [-0.4, -0.2) is 30.9 Å². The lowest BCUT2D eigenvalue weighted by molar-refractivity contribution is -0.384. The van der Waals surface area contributed by atoms with Gasteiger partial charge in [0.2, 0.25) is 0 Å². The summed E-state index contributed by atoms with van der Waals surface area (Å²) in [5, 5.41) is 22.7. The average Bonchev–Trinajstić information content (AvgIpc) is 2.37. The van der Waals surface area contributed by atoms with E-state index < -0.39 is 14.8 Å². The number of non-ortho nitro benzene ring substituents is 1. The molecule has 0 aromatic heterocycles. The Hall–Kier alpha value is -2.14. The molecule has 0 bridgehead atoms. The van der Waals surface area contributed by atoms with E-state index in [0.717, 1.165) is 0 Å². The van der Waals surface area contributed by atoms with Crippen molar-refractivity contribution in [2.45, 2.75) is 18.9 Å². The molecule has 1 aromatic carbocycles. The molecule has 1 aromatic rings. The van der Waals surface area contributed by atoms with E-state index in [2.05, 4.69) is 5.32 Å². The predicted molar refractivity (Wildman–Crippen MR) is 73.1 cm³/mol. The lowest BCUT2D eigenvalue weighted by Crippen LogP contribution is -2.35. The third-order valence-electron chi connectivity index (χ3n) is 3.16. The van der Waals surface area contributed by atoms with Gasteiger partial charge in [-0.3, -0.25) is 10.1 Å². The molecule has 0 saturated carbocycles. The third kappa shape index (κ3) is 3.24. The number of anilines is 1. The molecule has 1 saturated heterocycles. The highest BCUT2D eigenvalue weighted by Crippen LogP contribution is 2.24. The van der Waals surface area contributed by atoms with Crippen molar-refractivity contribution in [1.82, 2.24) is 0 Å². The summed E-state index contributed by atoms with van der Waals surface area (Å²) >= 11 is 0. The highest BCUT2D eigenvalue weighted by atomic mass is 32.2. The summed E-state index contributed by atoms with van der Waals surface area (Å²) in [6.45, 7) is 0. The van der Waals surface area contributed by atoms with Gasteiger partial charge in [-0.2, -0.15) is 5.26 Å². The first kappa shape index (κ1) is 14.3. The molecule has 1 unspecified atom stereocenters. The number of benzene rings is 1. The van der Waals surface area contributed by atoms with E-state index in [1.165, 1.54) is 18.2 Å². The number of hydrogen-bond acceptors (Lipinski definition) is 6. The first-order valence-corrected chi connectivity index (χ1v) is 7.89. The van der Waals surface area contributed by atoms with E-state index in [9.17, 15) is 18.5 Å². The fourth-order valence-corrected chi connectivity index (χ4v) is 3.86. The van der Waals surface area contributed by atoms with Crippen LogP contribution in [0, 0.1) is 21.4 Å². The molecular formula is C12H13N3O4S. The van der Waals surface area contributed by atoms with Gasteiger partial charge in [0.05, 0.1) is 27.7 Å². The minimum Gasteiger partial charge on any atom is -0.380 e. The molecule has 1 heterocycles. The van der Waals surface area contributed by atoms with E-state index in [-0.39, 0.29) is 28.8 Å². The number of nitro groups is 1. The molecule has 0 amide bonds. The monoisotopic (exact) mass is 295 g/mol. The van der Waals surface area contributed by atoms with Gasteiger partial charge in [0, 0.05) is 18.2 Å². The van der Waals surface area contributed by atoms with E-state index in [4.69, 9.17) is 5.26 Å². The normalized spacial score (nSPS) is 20.9. The first-order valence-electron chi connectivity index (χ1n) is 6.07. The summed E-state index contributed by atoms with van der Waals surface area (Å²) in [7, 11) is -3.05. The summed E-state index contributed by atoms with van der Waals surface area (Å²) in [5.41, 5.74) is 0.408. The van der Waals surface area contributed by atoms with Gasteiger partial charge >= 0.3 is 0 Å². The molecule has 106 valence electrons. The standard InChI is InChI=1S/C12H13N3O4S/c13-7-9-6-11(15(16)17)3-4-12(9)14-10-2-1-5-20(18,19)8-10/h3-4,6,10,14H,1-2,5,8H2. The Morgan fingerprint density at radius 1 is 1.45 bits per heavy atom. The van der Waals surface area contributed by atoms with Gasteiger partial charge in [-0.05, 0) is 18.9 Å². The Kier molecular flexibility index (Phi) is 3.90. The predicted octanol–water partition coefficient (Wildman–Crippen LogP) is 1.46. The minimum atomic E-state index is -3.05. The average molecular weight is 295 g/mol. The molecule has 2 rings (SSSR count). The van der Waals surface area contributed by atoms with E-state index in [1.54, 1.807) is 0 Å². The van der Waals surface area contributed by atoms with Crippen LogP contribution < -0.4 is 5.32 Å². The van der Waals surface area contributed by atoms with Gasteiger partial charge in [0.25, 0.3) is 5.69 Å². The maximum atomic E-state index is 11.6. The van der Waals surface area contributed by atoms with Crippen LogP contribution >= 0.6 is 0 Å². The summed E-state index contributed by atoms with van der Waals surface area (Å²) in [5.74, 6) is 0.214. The number of hydrogen-bond donors (Lipinski definition) is 1. The summed E-state index contributed by atoms with van der Waals surface area (Å²) in [4.78, 5) is 10.1. The number of nitrogens with zero attached hydrogens (tertiary/aromatic N) is 2. The molecule has 1 fully saturated rings. The van der Waals surface area contributed by atoms with Crippen LogP contribution in [0.2, 0.25) is 0 Å². The molecule has 0 spiro atoms. The Morgan fingerprint density at radius 2 is 2.20 bits per heavy atom. The SMILES string of the molecule is N#Cc1cc([N+](=O)[O-])ccc1NC1CCCS(=O)(=O)C1. The third-order valence-corrected chi connectivity index (χ3v) is 4.98. The molecule has 8 heteroatoms. The van der Waals surface area contributed by atoms with E-state index in [0.29, 0.717) is 18.5 Å². The zero-order valence-corrected chi connectivity index (χ0v) is 11.4. The quantitative estimate of drug-likeness (QED) is 0.667. The number of nitrogens with one attached hydrogen (secondary N) is 1. The zero-order valence-electron chi connectivity index (χ0n) is 10.6. The Balaban J connectivity index is 2.21. The Morgan fingerprint density at radius 3 is 2.80 bits per heavy atom. The van der Waals surface area contributed by atoms with Crippen LogP contribution in [0.1, 0.15) is 18.4 Å². The van der Waals surface area contributed by atoms with Gasteiger partial charge in [-0.1, -0.05) is 0 Å². The molecule has 1 N–H and O–H groups in total. The van der Waals surface area contributed by atoms with Gasteiger partial charge in [-0.25, -0.2) is 8.42 Å². The molecule has 1 aliphatic heterocycles. The second-order valence-corrected chi connectivity index (χ2v) is 6.93. The molecular weight excluding hydrogens is 282 g/mol. The fraction of sp³-hybridized carbons (Fsp3) is 0.417. The highest BCUT2D eigenvalue weighted by Gasteiger charge is 2.25. The maximum Gasteiger partial charge on any atom is 0.270 e. The second kappa shape index (κ2) is 5.46. The van der Waals surface area contributed by atoms with E-state index >= 15 is 0 Å². The molecule has 0 aliphatic carbocycles. The topological polar surface area (TPSA) is 113 Å². The molecule has 20 heavy (non-hydrogen) atoms. The number of nitriles is 1. The van der Waals surface area contributed by atoms with Gasteiger partial charge in [-0.15, -0.1) is 0 Å². The molecule has 7 nitrogen and oxygen atoms in total. The van der Waals surface area contributed by atoms with Crippen LogP contribution in [0.25, 0.3) is 0 Å². The molecule has 1 atom stereocenters. The summed E-state index contributed by atoms with van der Waals surface area (Å²) in [6.07, 6.45) is 1.27. The number of sulfone groups is 1. The number of rotatable bonds is 3. The fourth-order valence-electron chi connectivity index (χ4n) is 2.22. The van der Waals surface area contributed by atoms with Crippen LogP contribution in [0.4, 0.5) is 11.4 Å². The minimum absolute atomic E-state index is 0.0227. The Bertz CT molecular complexity index is 678. The molecule has 0 radical (unpaired) electrons. The van der Waals surface area contributed by atoms with Crippen molar-refractivity contribution in [3.63, 3.8) is 0 Å². The highest BCUT2D eigenvalue weighted by molar-refractivity contribution is 7.91. The van der Waals surface area contributed by atoms with Gasteiger partial charge in [0.15, 0.2) is 9.84 Å². The summed E-state index contributed by atoms with van der Waals surface area (Å²) < 4.78 is 23.1. The smallest absolute Gasteiger partial charge is 0.270 e. The van der Waals surface area contributed by atoms with Crippen LogP contribution in [0.5, 0.6) is 0 Å². The maximum absolute atomic E-state index is 11.6. The molecule has 1 aliphatic rings. The van der Waals surface area contributed by atoms with Crippen LogP contribution in [0.3, 0.4) is 0 Å². The van der Waals surface area contributed by atoms with Crippen LogP contribution in [0.15, 0.2) is 18.2 Å². The van der Waals surface area contributed by atoms with Crippen molar-refractivity contribution in [1.29, 1.82) is 5.26 Å². The van der Waals surface area contributed by atoms with Crippen molar-refractivity contribution >= 4 is 21.2 Å². The van der Waals surface area contributed by atoms with Gasteiger partial charge < -0.3 is 5.32 Å². The summed E-state index contributed by atoms with van der Waals surface area (Å²) in [6, 6.07) is 5.54. The van der Waals surface area contributed by atoms with Crippen molar-refractivity contribution < 1.29 is 13.3 Å². The lowest BCUT2D eigenvalue weighted by Gasteiger charge is -2.24. The largest absolute Gasteiger partial charge is 0.380 e. The zero-order chi connectivity index (χ0) is 14.8. The second-order valence-electron chi connectivity index (χ2n) is 4.70.